The lowest BCUT2D eigenvalue weighted by molar-refractivity contribution is -0.131. The van der Waals surface area contributed by atoms with Gasteiger partial charge in [-0.05, 0) is 149 Å². The van der Waals surface area contributed by atoms with Crippen molar-refractivity contribution >= 4 is 40.8 Å². The van der Waals surface area contributed by atoms with E-state index in [1.54, 1.807) is 43.5 Å². The molecule has 8 aromatic carbocycles. The molecule has 0 aliphatic rings. The first kappa shape index (κ1) is 44.4. The molecule has 0 saturated carbocycles. The van der Waals surface area contributed by atoms with Gasteiger partial charge >= 0.3 is 12.1 Å². The summed E-state index contributed by atoms with van der Waals surface area (Å²) in [4.78, 5) is 26.6. The molecule has 0 fully saturated rings. The molecule has 0 aliphatic carbocycles. The number of benzene rings is 8. The van der Waals surface area contributed by atoms with Gasteiger partial charge in [-0.2, -0.15) is 0 Å². The summed E-state index contributed by atoms with van der Waals surface area (Å²) in [6.45, 7) is 9.78. The highest BCUT2D eigenvalue weighted by molar-refractivity contribution is 5.92. The highest BCUT2D eigenvalue weighted by Gasteiger charge is 2.24. The molecule has 0 aliphatic heterocycles. The molecule has 328 valence electrons. The summed E-state index contributed by atoms with van der Waals surface area (Å²) < 4.78 is 21.8. The third-order valence-corrected chi connectivity index (χ3v) is 11.6. The fourth-order valence-corrected chi connectivity index (χ4v) is 7.81. The maximum Gasteiger partial charge on any atom is 0.519 e. The Bertz CT molecular complexity index is 2890. The molecule has 0 unspecified atom stereocenters. The summed E-state index contributed by atoms with van der Waals surface area (Å²) in [6, 6.07) is 64.6. The number of anilines is 3. The summed E-state index contributed by atoms with van der Waals surface area (Å²) in [5.41, 5.74) is 13.6. The standard InChI is InChI=1S/C59H51NO6/c1-40-7-25-50(26-8-40)60(51-27-9-41(2)10-28-51)52-29-15-45(16-30-52)44-13-11-43(12-14-44)39-57(46-17-31-53(63-6)32-18-46)47-19-33-55(34-20-47)65-58(62)66-56-37-23-49(24-38-56)59(4,5)48-21-35-54(36-22-48)64-42(3)61/h7-39H,1-6H3. The first-order chi connectivity index (χ1) is 31.9. The van der Waals surface area contributed by atoms with Crippen LogP contribution in [0.3, 0.4) is 0 Å². The van der Waals surface area contributed by atoms with Crippen molar-refractivity contribution in [3.63, 3.8) is 0 Å². The molecule has 7 nitrogen and oxygen atoms in total. The number of methoxy groups -OCH3 is 1. The first-order valence-electron chi connectivity index (χ1n) is 21.8. The van der Waals surface area contributed by atoms with E-state index in [9.17, 15) is 9.59 Å². The monoisotopic (exact) mass is 869 g/mol. The van der Waals surface area contributed by atoms with Crippen molar-refractivity contribution in [2.24, 2.45) is 0 Å². The molecule has 66 heavy (non-hydrogen) atoms. The van der Waals surface area contributed by atoms with Crippen molar-refractivity contribution < 1.29 is 28.5 Å². The topological polar surface area (TPSA) is 74.3 Å². The largest absolute Gasteiger partial charge is 0.519 e. The van der Waals surface area contributed by atoms with Crippen molar-refractivity contribution in [3.05, 3.63) is 233 Å². The van der Waals surface area contributed by atoms with Crippen LogP contribution in [0.25, 0.3) is 22.8 Å². The molecule has 8 aromatic rings. The van der Waals surface area contributed by atoms with Gasteiger partial charge in [-0.1, -0.05) is 134 Å². The number of ether oxygens (including phenoxy) is 4. The third kappa shape index (κ3) is 10.6. The van der Waals surface area contributed by atoms with Crippen molar-refractivity contribution in [3.8, 4) is 34.1 Å². The lowest BCUT2D eigenvalue weighted by Gasteiger charge is -2.26. The van der Waals surface area contributed by atoms with E-state index >= 15 is 0 Å². The number of esters is 1. The van der Waals surface area contributed by atoms with Gasteiger partial charge in [-0.3, -0.25) is 4.79 Å². The number of rotatable bonds is 13. The van der Waals surface area contributed by atoms with Crippen LogP contribution in [-0.4, -0.2) is 19.2 Å². The van der Waals surface area contributed by atoms with Crippen LogP contribution in [-0.2, 0) is 10.2 Å². The SMILES string of the molecule is COc1ccc(C(=Cc2ccc(-c3ccc(N(c4ccc(C)cc4)c4ccc(C)cc4)cc3)cc2)c2ccc(OC(=O)Oc3ccc(C(C)(C)c4ccc(OC(C)=O)cc4)cc3)cc2)cc1. The summed E-state index contributed by atoms with van der Waals surface area (Å²) in [7, 11) is 1.65. The lowest BCUT2D eigenvalue weighted by atomic mass is 9.78. The molecule has 0 radical (unpaired) electrons. The van der Waals surface area contributed by atoms with E-state index in [1.807, 2.05) is 60.7 Å². The van der Waals surface area contributed by atoms with Gasteiger partial charge in [0.15, 0.2) is 0 Å². The van der Waals surface area contributed by atoms with Gasteiger partial charge in [0, 0.05) is 29.4 Å². The van der Waals surface area contributed by atoms with E-state index < -0.39 is 6.16 Å². The predicted octanol–water partition coefficient (Wildman–Crippen LogP) is 14.9. The maximum atomic E-state index is 12.9. The third-order valence-electron chi connectivity index (χ3n) is 11.6. The zero-order chi connectivity index (χ0) is 46.2. The van der Waals surface area contributed by atoms with Crippen LogP contribution in [0.1, 0.15) is 59.7 Å². The molecule has 0 N–H and O–H groups in total. The molecule has 0 amide bonds. The molecule has 0 saturated heterocycles. The van der Waals surface area contributed by atoms with Crippen LogP contribution in [0.15, 0.2) is 194 Å². The minimum Gasteiger partial charge on any atom is -0.497 e. The van der Waals surface area contributed by atoms with E-state index in [0.29, 0.717) is 17.2 Å². The molecule has 7 heteroatoms. The molecule has 0 atom stereocenters. The number of nitrogens with zero attached hydrogens (tertiary/aromatic N) is 1. The normalized spacial score (nSPS) is 11.4. The van der Waals surface area contributed by atoms with Crippen LogP contribution in [0.5, 0.6) is 23.0 Å². The second kappa shape index (κ2) is 19.7. The van der Waals surface area contributed by atoms with Crippen molar-refractivity contribution in [2.45, 2.75) is 40.0 Å². The minimum absolute atomic E-state index is 0.351. The number of hydrogen-bond acceptors (Lipinski definition) is 7. The van der Waals surface area contributed by atoms with Gasteiger partial charge in [-0.15, -0.1) is 0 Å². The number of carbonyl (C=O) groups is 2. The van der Waals surface area contributed by atoms with Crippen molar-refractivity contribution in [2.75, 3.05) is 12.0 Å². The Hall–Kier alpha value is -8.16. The molecule has 0 aromatic heterocycles. The fourth-order valence-electron chi connectivity index (χ4n) is 7.81. The first-order valence-corrected chi connectivity index (χ1v) is 21.8. The Morgan fingerprint density at radius 3 is 1.23 bits per heavy atom. The molecular weight excluding hydrogens is 819 g/mol. The quantitative estimate of drug-likeness (QED) is 0.0494. The van der Waals surface area contributed by atoms with E-state index in [1.165, 1.54) is 18.1 Å². The lowest BCUT2D eigenvalue weighted by Crippen LogP contribution is -2.19. The fraction of sp³-hybridized carbons (Fsp3) is 0.119. The van der Waals surface area contributed by atoms with Gasteiger partial charge < -0.3 is 23.8 Å². The zero-order valence-corrected chi connectivity index (χ0v) is 37.9. The Kier molecular flexibility index (Phi) is 13.3. The summed E-state index contributed by atoms with van der Waals surface area (Å²) in [5.74, 6) is 1.61. The summed E-state index contributed by atoms with van der Waals surface area (Å²) >= 11 is 0. The van der Waals surface area contributed by atoms with Crippen LogP contribution in [0.4, 0.5) is 21.9 Å². The minimum atomic E-state index is -0.841. The summed E-state index contributed by atoms with van der Waals surface area (Å²) in [6.07, 6.45) is 1.31. The Labute approximate surface area is 387 Å². The van der Waals surface area contributed by atoms with Crippen LogP contribution in [0.2, 0.25) is 0 Å². The van der Waals surface area contributed by atoms with Crippen LogP contribution >= 0.6 is 0 Å². The molecule has 0 bridgehead atoms. The van der Waals surface area contributed by atoms with Gasteiger partial charge in [0.05, 0.1) is 7.11 Å². The molecular formula is C59H51NO6. The Balaban J connectivity index is 0.963. The van der Waals surface area contributed by atoms with E-state index in [-0.39, 0.29) is 11.4 Å². The van der Waals surface area contributed by atoms with Gasteiger partial charge in [0.25, 0.3) is 0 Å². The summed E-state index contributed by atoms with van der Waals surface area (Å²) in [5, 5.41) is 0. The second-order valence-corrected chi connectivity index (χ2v) is 16.7. The van der Waals surface area contributed by atoms with E-state index in [4.69, 9.17) is 18.9 Å². The van der Waals surface area contributed by atoms with Crippen molar-refractivity contribution in [1.82, 2.24) is 0 Å². The second-order valence-electron chi connectivity index (χ2n) is 16.7. The highest BCUT2D eigenvalue weighted by atomic mass is 16.7. The average molecular weight is 870 g/mol. The number of hydrogen-bond donors (Lipinski definition) is 0. The van der Waals surface area contributed by atoms with Crippen LogP contribution < -0.4 is 23.8 Å². The number of aryl methyl sites for hydroxylation is 2. The van der Waals surface area contributed by atoms with Gasteiger partial charge in [0.1, 0.15) is 23.0 Å². The molecule has 0 heterocycles. The average Bonchev–Trinajstić information content (AvgIpc) is 3.33. The molecule has 0 spiro atoms. The van der Waals surface area contributed by atoms with Gasteiger partial charge in [-0.25, -0.2) is 4.79 Å². The van der Waals surface area contributed by atoms with E-state index in [2.05, 4.69) is 136 Å². The zero-order valence-electron chi connectivity index (χ0n) is 37.9. The van der Waals surface area contributed by atoms with E-state index in [0.717, 1.165) is 67.3 Å². The molecule has 8 rings (SSSR count). The predicted molar refractivity (Wildman–Crippen MR) is 265 cm³/mol. The number of carbonyl (C=O) groups excluding carboxylic acids is 2. The Morgan fingerprint density at radius 2 is 0.818 bits per heavy atom. The highest BCUT2D eigenvalue weighted by Crippen LogP contribution is 2.37. The van der Waals surface area contributed by atoms with Crippen molar-refractivity contribution in [1.29, 1.82) is 0 Å². The Morgan fingerprint density at radius 1 is 0.455 bits per heavy atom. The smallest absolute Gasteiger partial charge is 0.497 e. The van der Waals surface area contributed by atoms with Gasteiger partial charge in [0.2, 0.25) is 0 Å². The van der Waals surface area contributed by atoms with Crippen LogP contribution in [0, 0.1) is 13.8 Å². The maximum absolute atomic E-state index is 12.9.